The van der Waals surface area contributed by atoms with Crippen molar-refractivity contribution < 1.29 is 4.79 Å². The molecule has 0 fully saturated rings. The van der Waals surface area contributed by atoms with Gasteiger partial charge < -0.3 is 5.32 Å². The maximum absolute atomic E-state index is 11.9. The van der Waals surface area contributed by atoms with Crippen LogP contribution < -0.4 is 5.32 Å². The maximum Gasteiger partial charge on any atom is 0.251 e. The van der Waals surface area contributed by atoms with E-state index in [1.807, 2.05) is 39.0 Å². The molecular formula is C13H18ClNO. The largest absolute Gasteiger partial charge is 0.348 e. The van der Waals surface area contributed by atoms with E-state index in [9.17, 15) is 4.79 Å². The van der Waals surface area contributed by atoms with Crippen molar-refractivity contribution in [3.8, 4) is 0 Å². The van der Waals surface area contributed by atoms with Gasteiger partial charge in [0.25, 0.3) is 5.91 Å². The van der Waals surface area contributed by atoms with Crippen LogP contribution in [0.3, 0.4) is 0 Å². The van der Waals surface area contributed by atoms with Crippen LogP contribution in [0.15, 0.2) is 18.2 Å². The minimum Gasteiger partial charge on any atom is -0.348 e. The zero-order valence-corrected chi connectivity index (χ0v) is 10.8. The third kappa shape index (κ3) is 3.24. The summed E-state index contributed by atoms with van der Waals surface area (Å²) in [5, 5.41) is 2.92. The molecule has 1 N–H and O–H groups in total. The molecule has 1 aromatic rings. The first-order chi connectivity index (χ1) is 7.58. The molecule has 0 radical (unpaired) electrons. The summed E-state index contributed by atoms with van der Waals surface area (Å²) >= 11 is 5.75. The number of benzene rings is 1. The Morgan fingerprint density at radius 3 is 2.62 bits per heavy atom. The highest BCUT2D eigenvalue weighted by Crippen LogP contribution is 2.11. The van der Waals surface area contributed by atoms with Gasteiger partial charge >= 0.3 is 0 Å². The number of aryl methyl sites for hydroxylation is 2. The van der Waals surface area contributed by atoms with Gasteiger partial charge in [-0.2, -0.15) is 0 Å². The fourth-order valence-corrected chi connectivity index (χ4v) is 1.88. The highest BCUT2D eigenvalue weighted by molar-refractivity contribution is 6.18. The first kappa shape index (κ1) is 13.0. The molecule has 0 aliphatic heterocycles. The molecule has 1 atom stereocenters. The zero-order chi connectivity index (χ0) is 12.1. The monoisotopic (exact) mass is 239 g/mol. The van der Waals surface area contributed by atoms with Crippen LogP contribution in [0.1, 0.15) is 34.8 Å². The Morgan fingerprint density at radius 2 is 2.12 bits per heavy atom. The fraction of sp³-hybridized carbons (Fsp3) is 0.462. The minimum atomic E-state index is -0.0370. The molecule has 0 saturated heterocycles. The minimum absolute atomic E-state index is 0.0370. The van der Waals surface area contributed by atoms with Gasteiger partial charge in [-0.15, -0.1) is 11.6 Å². The molecule has 1 aromatic carbocycles. The normalized spacial score (nSPS) is 12.2. The van der Waals surface area contributed by atoms with E-state index in [-0.39, 0.29) is 11.9 Å². The van der Waals surface area contributed by atoms with Crippen LogP contribution in [0.5, 0.6) is 0 Å². The summed E-state index contributed by atoms with van der Waals surface area (Å²) in [6.07, 6.45) is 0.847. The lowest BCUT2D eigenvalue weighted by molar-refractivity contribution is 0.0939. The van der Waals surface area contributed by atoms with E-state index >= 15 is 0 Å². The first-order valence-corrected chi connectivity index (χ1v) is 6.06. The summed E-state index contributed by atoms with van der Waals surface area (Å²) in [6, 6.07) is 5.87. The van der Waals surface area contributed by atoms with Gasteiger partial charge in [-0.05, 0) is 31.9 Å². The zero-order valence-electron chi connectivity index (χ0n) is 10.0. The number of carbonyl (C=O) groups excluding carboxylic acids is 1. The molecule has 0 spiro atoms. The van der Waals surface area contributed by atoms with Crippen LogP contribution in [0.25, 0.3) is 0 Å². The van der Waals surface area contributed by atoms with Gasteiger partial charge in [0, 0.05) is 17.5 Å². The number of carbonyl (C=O) groups is 1. The van der Waals surface area contributed by atoms with Crippen LogP contribution >= 0.6 is 11.6 Å². The number of hydrogen-bond donors (Lipinski definition) is 1. The fourth-order valence-electron chi connectivity index (χ4n) is 1.58. The molecular weight excluding hydrogens is 222 g/mol. The Kier molecular flexibility index (Phi) is 4.81. The van der Waals surface area contributed by atoms with Gasteiger partial charge in [-0.1, -0.05) is 24.6 Å². The molecule has 0 aliphatic rings. The van der Waals surface area contributed by atoms with Crippen LogP contribution in [-0.2, 0) is 0 Å². The van der Waals surface area contributed by atoms with Crippen molar-refractivity contribution in [2.24, 2.45) is 0 Å². The van der Waals surface area contributed by atoms with Crippen molar-refractivity contribution in [2.45, 2.75) is 33.2 Å². The van der Waals surface area contributed by atoms with E-state index in [0.717, 1.165) is 17.5 Å². The predicted octanol–water partition coefficient (Wildman–Crippen LogP) is 3.05. The molecule has 0 saturated carbocycles. The van der Waals surface area contributed by atoms with Crippen molar-refractivity contribution in [3.63, 3.8) is 0 Å². The van der Waals surface area contributed by atoms with Gasteiger partial charge in [0.15, 0.2) is 0 Å². The Balaban J connectivity index is 2.80. The van der Waals surface area contributed by atoms with Gasteiger partial charge in [-0.25, -0.2) is 0 Å². The summed E-state index contributed by atoms with van der Waals surface area (Å²) in [5.74, 6) is 0.414. The van der Waals surface area contributed by atoms with E-state index in [1.54, 1.807) is 0 Å². The van der Waals surface area contributed by atoms with Crippen LogP contribution in [-0.4, -0.2) is 17.8 Å². The average molecular weight is 240 g/mol. The van der Waals surface area contributed by atoms with Gasteiger partial charge in [-0.3, -0.25) is 4.79 Å². The number of nitrogens with one attached hydrogen (secondary N) is 1. The molecule has 0 aliphatic carbocycles. The van der Waals surface area contributed by atoms with E-state index in [4.69, 9.17) is 11.6 Å². The third-order valence-electron chi connectivity index (χ3n) is 2.64. The lowest BCUT2D eigenvalue weighted by atomic mass is 10.0. The van der Waals surface area contributed by atoms with Gasteiger partial charge in [0.1, 0.15) is 0 Å². The summed E-state index contributed by atoms with van der Waals surface area (Å²) in [4.78, 5) is 11.9. The molecule has 16 heavy (non-hydrogen) atoms. The molecule has 1 amide bonds. The number of amides is 1. The van der Waals surface area contributed by atoms with Crippen LogP contribution in [0.4, 0.5) is 0 Å². The second-order valence-corrected chi connectivity index (χ2v) is 4.36. The van der Waals surface area contributed by atoms with Crippen molar-refractivity contribution in [1.82, 2.24) is 5.32 Å². The second-order valence-electron chi connectivity index (χ2n) is 4.05. The Hall–Kier alpha value is -1.02. The molecule has 2 nitrogen and oxygen atoms in total. The summed E-state index contributed by atoms with van der Waals surface area (Å²) in [7, 11) is 0. The topological polar surface area (TPSA) is 29.1 Å². The first-order valence-electron chi connectivity index (χ1n) is 5.52. The molecule has 3 heteroatoms. The number of rotatable bonds is 4. The van der Waals surface area contributed by atoms with Gasteiger partial charge in [0.2, 0.25) is 0 Å². The van der Waals surface area contributed by atoms with E-state index in [2.05, 4.69) is 5.32 Å². The van der Waals surface area contributed by atoms with Gasteiger partial charge in [0.05, 0.1) is 0 Å². The van der Waals surface area contributed by atoms with Crippen molar-refractivity contribution >= 4 is 17.5 Å². The van der Waals surface area contributed by atoms with E-state index in [1.165, 1.54) is 5.56 Å². The molecule has 1 unspecified atom stereocenters. The lowest BCUT2D eigenvalue weighted by Crippen LogP contribution is -2.35. The Labute approximate surface area is 102 Å². The Morgan fingerprint density at radius 1 is 1.44 bits per heavy atom. The highest BCUT2D eigenvalue weighted by atomic mass is 35.5. The molecule has 0 heterocycles. The Bertz CT molecular complexity index is 372. The maximum atomic E-state index is 11.9. The smallest absolute Gasteiger partial charge is 0.251 e. The predicted molar refractivity (Wildman–Crippen MR) is 68.2 cm³/mol. The quantitative estimate of drug-likeness (QED) is 0.804. The molecule has 0 aromatic heterocycles. The van der Waals surface area contributed by atoms with E-state index in [0.29, 0.717) is 5.88 Å². The van der Waals surface area contributed by atoms with Crippen molar-refractivity contribution in [3.05, 3.63) is 34.9 Å². The standard InChI is InChI=1S/C13H18ClNO/c1-4-11(8-14)15-13(16)12-6-5-9(2)7-10(12)3/h5-7,11H,4,8H2,1-3H3,(H,15,16). The molecule has 0 bridgehead atoms. The lowest BCUT2D eigenvalue weighted by Gasteiger charge is -2.15. The highest BCUT2D eigenvalue weighted by Gasteiger charge is 2.12. The van der Waals surface area contributed by atoms with Crippen LogP contribution in [0.2, 0.25) is 0 Å². The SMILES string of the molecule is CCC(CCl)NC(=O)c1ccc(C)cc1C. The van der Waals surface area contributed by atoms with E-state index < -0.39 is 0 Å². The molecule has 1 rings (SSSR count). The van der Waals surface area contributed by atoms with Crippen LogP contribution in [0, 0.1) is 13.8 Å². The molecule has 88 valence electrons. The van der Waals surface area contributed by atoms with Crippen molar-refractivity contribution in [2.75, 3.05) is 5.88 Å². The second kappa shape index (κ2) is 5.90. The summed E-state index contributed by atoms with van der Waals surface area (Å²) in [5.41, 5.74) is 2.90. The van der Waals surface area contributed by atoms with Crippen molar-refractivity contribution in [1.29, 1.82) is 0 Å². The third-order valence-corrected chi connectivity index (χ3v) is 3.01. The average Bonchev–Trinajstić information content (AvgIpc) is 2.25. The summed E-state index contributed by atoms with van der Waals surface area (Å²) < 4.78 is 0. The summed E-state index contributed by atoms with van der Waals surface area (Å²) in [6.45, 7) is 5.97. The number of halogens is 1. The number of hydrogen-bond acceptors (Lipinski definition) is 1. The number of alkyl halides is 1.